The maximum Gasteiger partial charge on any atom is 0.573 e. The Bertz CT molecular complexity index is 630. The summed E-state index contributed by atoms with van der Waals surface area (Å²) in [7, 11) is 0. The van der Waals surface area contributed by atoms with Gasteiger partial charge in [0.1, 0.15) is 5.75 Å². The minimum atomic E-state index is -4.70. The molecule has 0 bridgehead atoms. The van der Waals surface area contributed by atoms with E-state index >= 15 is 0 Å². The van der Waals surface area contributed by atoms with Crippen LogP contribution in [0, 0.1) is 11.3 Å². The molecule has 6 heteroatoms. The lowest BCUT2D eigenvalue weighted by Crippen LogP contribution is -2.16. The summed E-state index contributed by atoms with van der Waals surface area (Å²) in [5, 5.41) is 8.61. The molecule has 3 nitrogen and oxygen atoms in total. The molecule has 0 radical (unpaired) electrons. The van der Waals surface area contributed by atoms with Crippen LogP contribution in [0.25, 0.3) is 11.3 Å². The van der Waals surface area contributed by atoms with Crippen molar-refractivity contribution in [2.45, 2.75) is 12.8 Å². The van der Waals surface area contributed by atoms with Crippen molar-refractivity contribution in [3.8, 4) is 23.1 Å². The molecule has 0 spiro atoms. The van der Waals surface area contributed by atoms with Gasteiger partial charge in [0.2, 0.25) is 0 Å². The quantitative estimate of drug-likeness (QED) is 0.859. The van der Waals surface area contributed by atoms with Crippen molar-refractivity contribution < 1.29 is 17.9 Å². The molecule has 0 saturated carbocycles. The van der Waals surface area contributed by atoms with E-state index in [0.717, 1.165) is 0 Å². The topological polar surface area (TPSA) is 45.9 Å². The van der Waals surface area contributed by atoms with E-state index in [4.69, 9.17) is 5.26 Å². The van der Waals surface area contributed by atoms with Crippen LogP contribution in [0.2, 0.25) is 0 Å². The first-order chi connectivity index (χ1) is 9.48. The Labute approximate surface area is 113 Å². The average molecular weight is 278 g/mol. The number of ether oxygens (including phenoxy) is 1. The minimum Gasteiger partial charge on any atom is -0.406 e. The molecule has 0 atom stereocenters. The number of alkyl halides is 3. The zero-order valence-electron chi connectivity index (χ0n) is 10.2. The smallest absolute Gasteiger partial charge is 0.406 e. The second-order valence-electron chi connectivity index (χ2n) is 3.92. The first-order valence-electron chi connectivity index (χ1n) is 5.67. The monoisotopic (exact) mass is 278 g/mol. The van der Waals surface area contributed by atoms with Crippen LogP contribution in [-0.4, -0.2) is 11.3 Å². The average Bonchev–Trinajstić information content (AvgIpc) is 2.38. The standard InChI is InChI=1S/C14H9F3N2O/c15-14(16,17)20-12-6-4-10(5-7-12)13-3-1-2-11(19-13)8-9-18/h1-7H,8H2. The first-order valence-corrected chi connectivity index (χ1v) is 5.67. The highest BCUT2D eigenvalue weighted by molar-refractivity contribution is 5.60. The molecule has 0 N–H and O–H groups in total. The molecule has 0 amide bonds. The van der Waals surface area contributed by atoms with Gasteiger partial charge in [-0.1, -0.05) is 6.07 Å². The van der Waals surface area contributed by atoms with Crippen molar-refractivity contribution in [3.05, 3.63) is 48.2 Å². The molecule has 2 aromatic rings. The van der Waals surface area contributed by atoms with Gasteiger partial charge in [-0.3, -0.25) is 4.98 Å². The van der Waals surface area contributed by atoms with Gasteiger partial charge < -0.3 is 4.74 Å². The molecule has 0 aliphatic heterocycles. The number of nitrogens with zero attached hydrogens (tertiary/aromatic N) is 2. The van der Waals surface area contributed by atoms with E-state index < -0.39 is 6.36 Å². The molecule has 0 unspecified atom stereocenters. The van der Waals surface area contributed by atoms with E-state index in [1.807, 2.05) is 6.07 Å². The maximum atomic E-state index is 12.0. The summed E-state index contributed by atoms with van der Waals surface area (Å²) < 4.78 is 39.9. The molecule has 0 fully saturated rings. The molecule has 2 rings (SSSR count). The van der Waals surface area contributed by atoms with Gasteiger partial charge in [-0.15, -0.1) is 13.2 Å². The third-order valence-corrected chi connectivity index (χ3v) is 2.45. The fraction of sp³-hybridized carbons (Fsp3) is 0.143. The Morgan fingerprint density at radius 3 is 2.40 bits per heavy atom. The number of pyridine rings is 1. The van der Waals surface area contributed by atoms with Crippen molar-refractivity contribution in [2.24, 2.45) is 0 Å². The van der Waals surface area contributed by atoms with Gasteiger partial charge in [0.15, 0.2) is 0 Å². The van der Waals surface area contributed by atoms with Gasteiger partial charge in [-0.05, 0) is 36.4 Å². The molecule has 0 saturated heterocycles. The molecule has 0 aliphatic rings. The summed E-state index contributed by atoms with van der Waals surface area (Å²) in [5.41, 5.74) is 1.86. The summed E-state index contributed by atoms with van der Waals surface area (Å²) >= 11 is 0. The predicted octanol–water partition coefficient (Wildman–Crippen LogP) is 3.71. The van der Waals surface area contributed by atoms with Crippen molar-refractivity contribution in [1.82, 2.24) is 4.98 Å². The summed E-state index contributed by atoms with van der Waals surface area (Å²) in [6.45, 7) is 0. The number of benzene rings is 1. The first kappa shape index (κ1) is 13.9. The van der Waals surface area contributed by atoms with Gasteiger partial charge in [0, 0.05) is 5.56 Å². The Morgan fingerprint density at radius 2 is 1.80 bits per heavy atom. The third-order valence-electron chi connectivity index (χ3n) is 2.45. The lowest BCUT2D eigenvalue weighted by atomic mass is 10.1. The summed E-state index contributed by atoms with van der Waals surface area (Å²) in [6.07, 6.45) is -4.52. The van der Waals surface area contributed by atoms with Crippen LogP contribution in [0.4, 0.5) is 13.2 Å². The lowest BCUT2D eigenvalue weighted by molar-refractivity contribution is -0.274. The fourth-order valence-electron chi connectivity index (χ4n) is 1.65. The van der Waals surface area contributed by atoms with Crippen molar-refractivity contribution in [3.63, 3.8) is 0 Å². The van der Waals surface area contributed by atoms with Gasteiger partial charge in [0.25, 0.3) is 0 Å². The Hall–Kier alpha value is -2.55. The van der Waals surface area contributed by atoms with Gasteiger partial charge >= 0.3 is 6.36 Å². The molecule has 1 aromatic heterocycles. The number of hydrogen-bond acceptors (Lipinski definition) is 3. The Balaban J connectivity index is 2.22. The number of aromatic nitrogens is 1. The zero-order valence-corrected chi connectivity index (χ0v) is 10.2. The second-order valence-corrected chi connectivity index (χ2v) is 3.92. The molecule has 1 heterocycles. The third kappa shape index (κ3) is 3.72. The van der Waals surface area contributed by atoms with Gasteiger partial charge in [0.05, 0.1) is 23.9 Å². The Morgan fingerprint density at radius 1 is 1.10 bits per heavy atom. The van der Waals surface area contributed by atoms with Gasteiger partial charge in [-0.2, -0.15) is 5.26 Å². The van der Waals surface area contributed by atoms with E-state index in [9.17, 15) is 13.2 Å². The predicted molar refractivity (Wildman–Crippen MR) is 65.7 cm³/mol. The zero-order chi connectivity index (χ0) is 14.6. The van der Waals surface area contributed by atoms with Crippen LogP contribution in [0.15, 0.2) is 42.5 Å². The maximum absolute atomic E-state index is 12.0. The van der Waals surface area contributed by atoms with Crippen LogP contribution in [0.1, 0.15) is 5.69 Å². The van der Waals surface area contributed by atoms with E-state index in [2.05, 4.69) is 9.72 Å². The lowest BCUT2D eigenvalue weighted by Gasteiger charge is -2.09. The van der Waals surface area contributed by atoms with Gasteiger partial charge in [-0.25, -0.2) is 0 Å². The minimum absolute atomic E-state index is 0.184. The fourth-order valence-corrected chi connectivity index (χ4v) is 1.65. The molecule has 1 aromatic carbocycles. The highest BCUT2D eigenvalue weighted by atomic mass is 19.4. The number of nitriles is 1. The largest absolute Gasteiger partial charge is 0.573 e. The second kappa shape index (κ2) is 5.61. The normalized spacial score (nSPS) is 10.9. The van der Waals surface area contributed by atoms with Crippen LogP contribution in [0.5, 0.6) is 5.75 Å². The van der Waals surface area contributed by atoms with E-state index in [0.29, 0.717) is 17.0 Å². The summed E-state index contributed by atoms with van der Waals surface area (Å²) in [6, 6.07) is 12.6. The molecule has 102 valence electrons. The SMILES string of the molecule is N#CCc1cccc(-c2ccc(OC(F)(F)F)cc2)n1. The molecule has 20 heavy (non-hydrogen) atoms. The highest BCUT2D eigenvalue weighted by Crippen LogP contribution is 2.25. The molecular weight excluding hydrogens is 269 g/mol. The molecule has 0 aliphatic carbocycles. The van der Waals surface area contributed by atoms with Crippen LogP contribution in [-0.2, 0) is 6.42 Å². The number of hydrogen-bond donors (Lipinski definition) is 0. The van der Waals surface area contributed by atoms with E-state index in [1.54, 1.807) is 18.2 Å². The highest BCUT2D eigenvalue weighted by Gasteiger charge is 2.30. The van der Waals surface area contributed by atoms with Crippen molar-refractivity contribution in [1.29, 1.82) is 5.26 Å². The van der Waals surface area contributed by atoms with Crippen LogP contribution < -0.4 is 4.74 Å². The van der Waals surface area contributed by atoms with Crippen LogP contribution in [0.3, 0.4) is 0 Å². The van der Waals surface area contributed by atoms with E-state index in [1.165, 1.54) is 24.3 Å². The Kier molecular flexibility index (Phi) is 3.89. The number of rotatable bonds is 3. The van der Waals surface area contributed by atoms with Crippen LogP contribution >= 0.6 is 0 Å². The molecular formula is C14H9F3N2O. The van der Waals surface area contributed by atoms with Crippen molar-refractivity contribution in [2.75, 3.05) is 0 Å². The summed E-state index contributed by atoms with van der Waals surface area (Å²) in [5.74, 6) is -0.283. The summed E-state index contributed by atoms with van der Waals surface area (Å²) in [4.78, 5) is 4.25. The van der Waals surface area contributed by atoms with Crippen molar-refractivity contribution >= 4 is 0 Å². The van der Waals surface area contributed by atoms with E-state index in [-0.39, 0.29) is 12.2 Å². The number of halogens is 3.